The van der Waals surface area contributed by atoms with E-state index >= 15 is 0 Å². The number of ether oxygens (including phenoxy) is 1. The molecule has 2 aliphatic carbocycles. The van der Waals surface area contributed by atoms with Gasteiger partial charge in [0.1, 0.15) is 11.2 Å². The maximum Gasteiger partial charge on any atom is 0.312 e. The Bertz CT molecular complexity index is 2880. The molecule has 1 saturated heterocycles. The first-order chi connectivity index (χ1) is 30.7. The Labute approximate surface area is 376 Å². The highest BCUT2D eigenvalue weighted by Gasteiger charge is 2.31. The number of nitro benzene ring substituents is 1. The van der Waals surface area contributed by atoms with Crippen molar-refractivity contribution < 1.29 is 28.0 Å². The third-order valence-corrected chi connectivity index (χ3v) is 14.6. The smallest absolute Gasteiger partial charge is 0.312 e. The van der Waals surface area contributed by atoms with E-state index in [0.29, 0.717) is 35.2 Å². The summed E-state index contributed by atoms with van der Waals surface area (Å²) < 4.78 is 37.2. The summed E-state index contributed by atoms with van der Waals surface area (Å²) >= 11 is 6.25. The minimum absolute atomic E-state index is 0.0269. The van der Waals surface area contributed by atoms with E-state index in [1.54, 1.807) is 23.1 Å². The van der Waals surface area contributed by atoms with Gasteiger partial charge in [-0.3, -0.25) is 19.8 Å². The minimum Gasteiger partial charge on any atom is -0.487 e. The molecule has 64 heavy (non-hydrogen) atoms. The first-order valence-corrected chi connectivity index (χ1v) is 23.6. The highest BCUT2D eigenvalue weighted by atomic mass is 35.5. The van der Waals surface area contributed by atoms with Gasteiger partial charge in [-0.2, -0.15) is 5.10 Å². The van der Waals surface area contributed by atoms with Crippen molar-refractivity contribution in [2.45, 2.75) is 69.8 Å². The number of amides is 1. The van der Waals surface area contributed by atoms with Crippen molar-refractivity contribution in [1.82, 2.24) is 29.4 Å². The number of H-pyrrole nitrogens is 1. The molecule has 0 spiro atoms. The Hall–Kier alpha value is -5.81. The van der Waals surface area contributed by atoms with E-state index in [1.165, 1.54) is 28.8 Å². The third-order valence-electron chi connectivity index (χ3n) is 13.0. The van der Waals surface area contributed by atoms with Crippen LogP contribution in [-0.2, 0) is 10.0 Å². The highest BCUT2D eigenvalue weighted by Crippen LogP contribution is 2.43. The second-order valence-corrected chi connectivity index (χ2v) is 20.2. The SMILES string of the molecule is CC1(C)CCC(CN2CCN(c3ccc(C(=O)NS(=O)(=O)c4ccc(OCC5CCC(O)CC5)c([N+](=O)[O-])c4)c(-n4ncc5nc6[nH]ccc6cc54)c3)CC2)=C(c2ccc(Cl)cc2)C1. The van der Waals surface area contributed by atoms with Gasteiger partial charge in [-0.1, -0.05) is 43.2 Å². The van der Waals surface area contributed by atoms with Crippen LogP contribution in [0.1, 0.15) is 74.7 Å². The van der Waals surface area contributed by atoms with Crippen LogP contribution in [0, 0.1) is 21.4 Å². The quantitative estimate of drug-likeness (QED) is 0.0792. The molecule has 0 unspecified atom stereocenters. The summed E-state index contributed by atoms with van der Waals surface area (Å²) in [5.74, 6) is -0.901. The number of anilines is 1. The molecule has 3 N–H and O–H groups in total. The van der Waals surface area contributed by atoms with E-state index in [1.807, 2.05) is 36.4 Å². The number of nitrogens with zero attached hydrogens (tertiary/aromatic N) is 6. The number of nitrogens with one attached hydrogen (secondary N) is 2. The number of halogens is 1. The van der Waals surface area contributed by atoms with Crippen molar-refractivity contribution in [3.63, 3.8) is 0 Å². The van der Waals surface area contributed by atoms with Crippen LogP contribution >= 0.6 is 11.6 Å². The van der Waals surface area contributed by atoms with Crippen molar-refractivity contribution >= 4 is 66.5 Å². The topological polar surface area (TPSA) is 189 Å². The van der Waals surface area contributed by atoms with E-state index in [0.717, 1.165) is 87.0 Å². The molecular formula is C47H51ClN8O7S. The summed E-state index contributed by atoms with van der Waals surface area (Å²) in [6.07, 6.45) is 8.91. The molecule has 1 amide bonds. The Morgan fingerprint density at radius 2 is 1.78 bits per heavy atom. The zero-order chi connectivity index (χ0) is 44.8. The van der Waals surface area contributed by atoms with Crippen LogP contribution in [0.5, 0.6) is 5.75 Å². The van der Waals surface area contributed by atoms with Crippen LogP contribution in [0.3, 0.4) is 0 Å². The summed E-state index contributed by atoms with van der Waals surface area (Å²) in [5.41, 5.74) is 6.85. The summed E-state index contributed by atoms with van der Waals surface area (Å²) in [6, 6.07) is 20.5. The number of aromatic amines is 1. The molecule has 0 radical (unpaired) electrons. The largest absolute Gasteiger partial charge is 0.487 e. The fourth-order valence-electron chi connectivity index (χ4n) is 9.28. The molecule has 3 aromatic heterocycles. The van der Waals surface area contributed by atoms with Crippen molar-refractivity contribution in [2.24, 2.45) is 11.3 Å². The first kappa shape index (κ1) is 43.4. The Balaban J connectivity index is 0.970. The van der Waals surface area contributed by atoms with Crippen LogP contribution in [0.2, 0.25) is 5.02 Å². The summed E-state index contributed by atoms with van der Waals surface area (Å²) in [7, 11) is -4.61. The second-order valence-electron chi connectivity index (χ2n) is 18.1. The van der Waals surface area contributed by atoms with Crippen LogP contribution < -0.4 is 14.4 Å². The molecule has 334 valence electrons. The normalized spacial score (nSPS) is 19.6. The van der Waals surface area contributed by atoms with Gasteiger partial charge < -0.3 is 19.7 Å². The van der Waals surface area contributed by atoms with Crippen molar-refractivity contribution in [3.8, 4) is 11.4 Å². The lowest BCUT2D eigenvalue weighted by molar-refractivity contribution is -0.386. The lowest BCUT2D eigenvalue weighted by Crippen LogP contribution is -2.47. The number of aliphatic hydroxyl groups excluding tert-OH is 1. The summed E-state index contributed by atoms with van der Waals surface area (Å²) in [6.45, 7) is 8.82. The number of pyridine rings is 1. The van der Waals surface area contributed by atoms with Gasteiger partial charge in [0, 0.05) is 61.1 Å². The number of nitro groups is 1. The molecule has 1 saturated carbocycles. The van der Waals surface area contributed by atoms with Gasteiger partial charge in [0.25, 0.3) is 15.9 Å². The number of fused-ring (bicyclic) bond motifs is 2. The van der Waals surface area contributed by atoms with Gasteiger partial charge in [-0.05, 0) is 122 Å². The van der Waals surface area contributed by atoms with Crippen LogP contribution in [0.15, 0.2) is 95.7 Å². The van der Waals surface area contributed by atoms with E-state index in [2.05, 4.69) is 50.6 Å². The van der Waals surface area contributed by atoms with Crippen molar-refractivity contribution in [2.75, 3.05) is 44.2 Å². The number of hydrogen-bond donors (Lipinski definition) is 3. The number of benzene rings is 3. The maximum absolute atomic E-state index is 14.2. The number of aromatic nitrogens is 4. The number of piperazine rings is 1. The average Bonchev–Trinajstić information content (AvgIpc) is 3.92. The molecule has 6 aromatic rings. The molecule has 3 aromatic carbocycles. The molecule has 2 fully saturated rings. The Kier molecular flexibility index (Phi) is 12.0. The molecule has 15 nitrogen and oxygen atoms in total. The predicted octanol–water partition coefficient (Wildman–Crippen LogP) is 8.30. The molecular weight excluding hydrogens is 856 g/mol. The zero-order valence-corrected chi connectivity index (χ0v) is 37.4. The molecule has 0 bridgehead atoms. The number of carbonyl (C=O) groups excluding carboxylic acids is 1. The number of hydrogen-bond acceptors (Lipinski definition) is 11. The number of allylic oxidation sites excluding steroid dienone is 1. The van der Waals surface area contributed by atoms with Gasteiger partial charge >= 0.3 is 5.69 Å². The summed E-state index contributed by atoms with van der Waals surface area (Å²) in [5, 5.41) is 28.2. The fourth-order valence-corrected chi connectivity index (χ4v) is 10.4. The highest BCUT2D eigenvalue weighted by molar-refractivity contribution is 7.90. The standard InChI is InChI=1S/C47H51ClN8O7S/c1-47(2)17-15-33(39(26-47)31-5-7-34(48)8-6-31)28-53-19-21-54(22-20-53)35-9-13-38(41(24-35)55-42-23-32-16-18-49-45(32)51-40(42)27-50-55)46(58)52-64(61,62)37-12-14-44(43(25-37)56(59)60)63-29-30-3-10-36(57)11-4-30/h5-9,12-14,16,18,23-25,27,30,36,57H,3-4,10-11,15,17,19-22,26,28-29H2,1-2H3,(H,49,51)(H,52,58). The van der Waals surface area contributed by atoms with Crippen LogP contribution in [-0.4, -0.2) is 94.4 Å². The summed E-state index contributed by atoms with van der Waals surface area (Å²) in [4.78, 5) is 37.7. The molecule has 3 aliphatic rings. The Morgan fingerprint density at radius 3 is 2.53 bits per heavy atom. The molecule has 9 rings (SSSR count). The fraction of sp³-hybridized carbons (Fsp3) is 0.383. The number of carbonyl (C=O) groups is 1. The number of aliphatic hydroxyl groups is 1. The predicted molar refractivity (Wildman–Crippen MR) is 247 cm³/mol. The number of rotatable bonds is 12. The van der Waals surface area contributed by atoms with E-state index in [4.69, 9.17) is 21.3 Å². The molecule has 0 atom stereocenters. The molecule has 4 heterocycles. The van der Waals surface area contributed by atoms with Gasteiger partial charge in [-0.25, -0.2) is 22.8 Å². The van der Waals surface area contributed by atoms with Gasteiger partial charge in [0.05, 0.1) is 45.5 Å². The van der Waals surface area contributed by atoms with Crippen molar-refractivity contribution in [1.29, 1.82) is 0 Å². The Morgan fingerprint density at radius 1 is 1.02 bits per heavy atom. The van der Waals surface area contributed by atoms with Gasteiger partial charge in [0.15, 0.2) is 5.75 Å². The monoisotopic (exact) mass is 906 g/mol. The van der Waals surface area contributed by atoms with Crippen LogP contribution in [0.25, 0.3) is 33.3 Å². The zero-order valence-electron chi connectivity index (χ0n) is 35.8. The average molecular weight is 907 g/mol. The van der Waals surface area contributed by atoms with Crippen molar-refractivity contribution in [3.05, 3.63) is 117 Å². The number of sulfonamides is 1. The van der Waals surface area contributed by atoms with Gasteiger partial charge in [0.2, 0.25) is 0 Å². The second kappa shape index (κ2) is 17.6. The van der Waals surface area contributed by atoms with E-state index in [-0.39, 0.29) is 35.4 Å². The lowest BCUT2D eigenvalue weighted by atomic mass is 9.72. The maximum atomic E-state index is 14.2. The van der Waals surface area contributed by atoms with Crippen LogP contribution in [0.4, 0.5) is 11.4 Å². The van der Waals surface area contributed by atoms with E-state index in [9.17, 15) is 28.4 Å². The van der Waals surface area contributed by atoms with E-state index < -0.39 is 31.4 Å². The molecule has 17 heteroatoms. The first-order valence-electron chi connectivity index (χ1n) is 21.8. The minimum atomic E-state index is -4.61. The third kappa shape index (κ3) is 9.23. The molecule has 1 aliphatic heterocycles. The van der Waals surface area contributed by atoms with Gasteiger partial charge in [-0.15, -0.1) is 0 Å². The lowest BCUT2D eigenvalue weighted by Gasteiger charge is -2.39.